The molecule has 0 bridgehead atoms. The molecule has 1 aromatic heterocycles. The summed E-state index contributed by atoms with van der Waals surface area (Å²) in [6, 6.07) is 16.6. The Hall–Kier alpha value is -3.31. The number of fused-ring (bicyclic) bond motifs is 1. The van der Waals surface area contributed by atoms with Gasteiger partial charge in [0.15, 0.2) is 0 Å². The van der Waals surface area contributed by atoms with Gasteiger partial charge in [0, 0.05) is 5.69 Å². The number of rotatable bonds is 2. The number of hydrogen-bond donors (Lipinski definition) is 2. The molecule has 0 saturated carbocycles. The predicted molar refractivity (Wildman–Crippen MR) is 75.2 cm³/mol. The molecule has 0 spiro atoms. The van der Waals surface area contributed by atoms with Crippen LogP contribution in [0.5, 0.6) is 0 Å². The minimum absolute atomic E-state index is 0.574. The Morgan fingerprint density at radius 1 is 1.00 bits per heavy atom. The van der Waals surface area contributed by atoms with Gasteiger partial charge in [-0.1, -0.05) is 6.07 Å². The largest absolute Gasteiger partial charge is 0.326 e. The van der Waals surface area contributed by atoms with Crippen molar-refractivity contribution in [2.24, 2.45) is 0 Å². The lowest BCUT2D eigenvalue weighted by atomic mass is 10.2. The number of nitriles is 2. The molecule has 0 atom stereocenters. The lowest BCUT2D eigenvalue weighted by molar-refractivity contribution is 1.31. The number of aromatic nitrogens is 2. The van der Waals surface area contributed by atoms with Crippen molar-refractivity contribution in [1.82, 2.24) is 9.97 Å². The average molecular weight is 259 g/mol. The van der Waals surface area contributed by atoms with Crippen molar-refractivity contribution in [1.29, 1.82) is 10.5 Å². The number of benzene rings is 2. The van der Waals surface area contributed by atoms with E-state index in [4.69, 9.17) is 10.5 Å². The summed E-state index contributed by atoms with van der Waals surface area (Å²) < 4.78 is 0. The molecule has 0 aliphatic carbocycles. The fourth-order valence-electron chi connectivity index (χ4n) is 1.94. The molecule has 1 heterocycles. The zero-order valence-corrected chi connectivity index (χ0v) is 10.4. The van der Waals surface area contributed by atoms with Crippen LogP contribution in [0.3, 0.4) is 0 Å². The van der Waals surface area contributed by atoms with Gasteiger partial charge in [-0.15, -0.1) is 0 Å². The smallest absolute Gasteiger partial charge is 0.205 e. The molecule has 0 radical (unpaired) electrons. The molecule has 0 saturated heterocycles. The molecule has 0 aliphatic rings. The molecular formula is C15H9N5. The minimum Gasteiger partial charge on any atom is -0.326 e. The van der Waals surface area contributed by atoms with E-state index in [0.717, 1.165) is 16.7 Å². The standard InChI is InChI=1S/C15H9N5/c16-8-10-2-1-3-12(6-10)18-15-19-13-5-4-11(9-17)7-14(13)20-15/h1-7H,(H2,18,19,20). The first kappa shape index (κ1) is 11.8. The first-order chi connectivity index (χ1) is 9.78. The normalized spacial score (nSPS) is 9.90. The summed E-state index contributed by atoms with van der Waals surface area (Å²) in [4.78, 5) is 7.48. The SMILES string of the molecule is N#Cc1cccc(Nc2nc3ccc(C#N)cc3[nH]2)c1. The highest BCUT2D eigenvalue weighted by Crippen LogP contribution is 2.19. The van der Waals surface area contributed by atoms with Crippen molar-refractivity contribution in [2.75, 3.05) is 5.32 Å². The Bertz CT molecular complexity index is 864. The number of nitrogens with zero attached hydrogens (tertiary/aromatic N) is 3. The molecule has 20 heavy (non-hydrogen) atoms. The van der Waals surface area contributed by atoms with Crippen LogP contribution < -0.4 is 5.32 Å². The Kier molecular flexibility index (Phi) is 2.80. The van der Waals surface area contributed by atoms with Crippen LogP contribution in [0.2, 0.25) is 0 Å². The third-order valence-electron chi connectivity index (χ3n) is 2.87. The number of aromatic amines is 1. The second-order valence-electron chi connectivity index (χ2n) is 4.25. The van der Waals surface area contributed by atoms with Crippen LogP contribution in [0.4, 0.5) is 11.6 Å². The Morgan fingerprint density at radius 2 is 1.80 bits per heavy atom. The average Bonchev–Trinajstić information content (AvgIpc) is 2.88. The van der Waals surface area contributed by atoms with E-state index in [0.29, 0.717) is 17.1 Å². The molecule has 3 rings (SSSR count). The molecule has 5 heteroatoms. The maximum atomic E-state index is 8.87. The fraction of sp³-hybridized carbons (Fsp3) is 0. The predicted octanol–water partition coefficient (Wildman–Crippen LogP) is 3.05. The van der Waals surface area contributed by atoms with Crippen LogP contribution in [-0.4, -0.2) is 9.97 Å². The molecule has 0 unspecified atom stereocenters. The van der Waals surface area contributed by atoms with E-state index >= 15 is 0 Å². The molecule has 2 aromatic carbocycles. The number of imidazole rings is 1. The molecule has 2 N–H and O–H groups in total. The zero-order valence-electron chi connectivity index (χ0n) is 10.4. The summed E-state index contributed by atoms with van der Waals surface area (Å²) in [5.74, 6) is 0.574. The first-order valence-electron chi connectivity index (χ1n) is 5.95. The van der Waals surface area contributed by atoms with E-state index in [1.54, 1.807) is 36.4 Å². The van der Waals surface area contributed by atoms with Gasteiger partial charge in [0.05, 0.1) is 34.3 Å². The van der Waals surface area contributed by atoms with Crippen molar-refractivity contribution in [3.05, 3.63) is 53.6 Å². The van der Waals surface area contributed by atoms with Crippen LogP contribution in [0.1, 0.15) is 11.1 Å². The van der Waals surface area contributed by atoms with Crippen molar-refractivity contribution in [3.63, 3.8) is 0 Å². The Morgan fingerprint density at radius 3 is 2.60 bits per heavy atom. The van der Waals surface area contributed by atoms with Gasteiger partial charge in [-0.05, 0) is 36.4 Å². The Balaban J connectivity index is 1.95. The summed E-state index contributed by atoms with van der Waals surface area (Å²) in [6.45, 7) is 0. The number of hydrogen-bond acceptors (Lipinski definition) is 4. The summed E-state index contributed by atoms with van der Waals surface area (Å²) in [5.41, 5.74) is 3.52. The first-order valence-corrected chi connectivity index (χ1v) is 5.95. The summed E-state index contributed by atoms with van der Waals surface area (Å²) in [6.07, 6.45) is 0. The molecule has 5 nitrogen and oxygen atoms in total. The lowest BCUT2D eigenvalue weighted by Gasteiger charge is -2.01. The highest BCUT2D eigenvalue weighted by molar-refractivity contribution is 5.79. The molecule has 94 valence electrons. The number of H-pyrrole nitrogens is 1. The van der Waals surface area contributed by atoms with Crippen LogP contribution in [0.25, 0.3) is 11.0 Å². The third kappa shape index (κ3) is 2.16. The minimum atomic E-state index is 0.574. The number of nitrogens with one attached hydrogen (secondary N) is 2. The van der Waals surface area contributed by atoms with E-state index in [1.165, 1.54) is 0 Å². The summed E-state index contributed by atoms with van der Waals surface area (Å²) in [5, 5.41) is 20.8. The van der Waals surface area contributed by atoms with Gasteiger partial charge in [0.1, 0.15) is 0 Å². The number of anilines is 2. The van der Waals surface area contributed by atoms with E-state index < -0.39 is 0 Å². The molecule has 0 aliphatic heterocycles. The van der Waals surface area contributed by atoms with Crippen LogP contribution in [-0.2, 0) is 0 Å². The second-order valence-corrected chi connectivity index (χ2v) is 4.25. The van der Waals surface area contributed by atoms with Gasteiger partial charge >= 0.3 is 0 Å². The summed E-state index contributed by atoms with van der Waals surface area (Å²) >= 11 is 0. The van der Waals surface area contributed by atoms with Gasteiger partial charge in [-0.25, -0.2) is 4.98 Å². The van der Waals surface area contributed by atoms with E-state index in [-0.39, 0.29) is 0 Å². The monoisotopic (exact) mass is 259 g/mol. The maximum Gasteiger partial charge on any atom is 0.205 e. The molecule has 0 amide bonds. The van der Waals surface area contributed by atoms with E-state index in [9.17, 15) is 0 Å². The van der Waals surface area contributed by atoms with Gasteiger partial charge in [0.25, 0.3) is 0 Å². The summed E-state index contributed by atoms with van der Waals surface area (Å²) in [7, 11) is 0. The van der Waals surface area contributed by atoms with Crippen molar-refractivity contribution < 1.29 is 0 Å². The van der Waals surface area contributed by atoms with Crippen molar-refractivity contribution >= 4 is 22.7 Å². The lowest BCUT2D eigenvalue weighted by Crippen LogP contribution is -1.92. The van der Waals surface area contributed by atoms with E-state index in [2.05, 4.69) is 27.4 Å². The molecule has 0 fully saturated rings. The highest BCUT2D eigenvalue weighted by atomic mass is 15.1. The highest BCUT2D eigenvalue weighted by Gasteiger charge is 2.04. The van der Waals surface area contributed by atoms with Gasteiger partial charge in [0.2, 0.25) is 5.95 Å². The van der Waals surface area contributed by atoms with Crippen LogP contribution in [0, 0.1) is 22.7 Å². The third-order valence-corrected chi connectivity index (χ3v) is 2.87. The van der Waals surface area contributed by atoms with Crippen molar-refractivity contribution in [2.45, 2.75) is 0 Å². The van der Waals surface area contributed by atoms with Gasteiger partial charge in [-0.3, -0.25) is 0 Å². The topological polar surface area (TPSA) is 88.3 Å². The van der Waals surface area contributed by atoms with E-state index in [1.807, 2.05) is 6.07 Å². The van der Waals surface area contributed by atoms with Crippen LogP contribution in [0.15, 0.2) is 42.5 Å². The van der Waals surface area contributed by atoms with Gasteiger partial charge in [-0.2, -0.15) is 10.5 Å². The Labute approximate surface area is 115 Å². The quantitative estimate of drug-likeness (QED) is 0.740. The van der Waals surface area contributed by atoms with Gasteiger partial charge < -0.3 is 10.3 Å². The van der Waals surface area contributed by atoms with Crippen molar-refractivity contribution in [3.8, 4) is 12.1 Å². The zero-order chi connectivity index (χ0) is 13.9. The second kappa shape index (κ2) is 4.75. The fourth-order valence-corrected chi connectivity index (χ4v) is 1.94. The maximum absolute atomic E-state index is 8.87. The molecular weight excluding hydrogens is 250 g/mol. The molecule has 3 aromatic rings. The van der Waals surface area contributed by atoms with Crippen LogP contribution >= 0.6 is 0 Å².